The lowest BCUT2D eigenvalue weighted by molar-refractivity contribution is 0.0697. The summed E-state index contributed by atoms with van der Waals surface area (Å²) in [5.41, 5.74) is 2.44. The topological polar surface area (TPSA) is 65.2 Å². The van der Waals surface area contributed by atoms with Gasteiger partial charge in [-0.2, -0.15) is 0 Å². The Kier molecular flexibility index (Phi) is 4.46. The molecule has 2 aromatic rings. The van der Waals surface area contributed by atoms with Gasteiger partial charge in [0.15, 0.2) is 0 Å². The van der Waals surface area contributed by atoms with Crippen LogP contribution in [-0.2, 0) is 0 Å². The number of nitrogens with zero attached hydrogens (tertiary/aromatic N) is 1. The lowest BCUT2D eigenvalue weighted by atomic mass is 10.0. The molecule has 5 heteroatoms. The molecule has 0 bridgehead atoms. The lowest BCUT2D eigenvalue weighted by Crippen LogP contribution is -2.46. The maximum atomic E-state index is 12.5. The quantitative estimate of drug-likeness (QED) is 0.914. The van der Waals surface area contributed by atoms with Crippen molar-refractivity contribution in [2.24, 2.45) is 0 Å². The van der Waals surface area contributed by atoms with Crippen LogP contribution in [0.25, 0.3) is 0 Å². The Morgan fingerprint density at radius 1 is 1.13 bits per heavy atom. The number of hydrogen-bond acceptors (Lipinski definition) is 2. The van der Waals surface area contributed by atoms with Gasteiger partial charge in [0, 0.05) is 30.9 Å². The van der Waals surface area contributed by atoms with Crippen LogP contribution in [0.1, 0.15) is 39.3 Å². The predicted octanol–water partition coefficient (Wildman–Crippen LogP) is 2.36. The molecular weight excluding hydrogens is 290 g/mol. The average Bonchev–Trinajstić information content (AvgIpc) is 3.10. The highest BCUT2D eigenvalue weighted by Crippen LogP contribution is 2.15. The second-order valence-corrected chi connectivity index (χ2v) is 5.99. The number of likely N-dealkylation sites (tertiary alicyclic amines) is 1. The molecule has 0 spiro atoms. The number of amides is 2. The van der Waals surface area contributed by atoms with Crippen LogP contribution in [0.2, 0.25) is 0 Å². The molecule has 120 valence electrons. The first-order chi connectivity index (χ1) is 11.1. The second-order valence-electron chi connectivity index (χ2n) is 5.99. The number of nitrogens with one attached hydrogen (secondary N) is 2. The van der Waals surface area contributed by atoms with Gasteiger partial charge in [0.2, 0.25) is 0 Å². The zero-order valence-electron chi connectivity index (χ0n) is 13.2. The number of carbonyl (C=O) groups is 2. The van der Waals surface area contributed by atoms with Crippen LogP contribution in [0.4, 0.5) is 0 Å². The fourth-order valence-corrected chi connectivity index (χ4v) is 2.84. The van der Waals surface area contributed by atoms with Crippen LogP contribution in [0.3, 0.4) is 0 Å². The van der Waals surface area contributed by atoms with Gasteiger partial charge in [0.05, 0.1) is 0 Å². The van der Waals surface area contributed by atoms with Crippen LogP contribution in [0.15, 0.2) is 42.6 Å². The Balaban J connectivity index is 1.53. The van der Waals surface area contributed by atoms with Gasteiger partial charge in [-0.1, -0.05) is 17.7 Å². The highest BCUT2D eigenvalue weighted by molar-refractivity contribution is 5.94. The van der Waals surface area contributed by atoms with Crippen molar-refractivity contribution in [3.63, 3.8) is 0 Å². The van der Waals surface area contributed by atoms with Crippen LogP contribution in [0.5, 0.6) is 0 Å². The van der Waals surface area contributed by atoms with E-state index in [-0.39, 0.29) is 17.9 Å². The molecular formula is C18H21N3O2. The molecule has 2 heterocycles. The van der Waals surface area contributed by atoms with Gasteiger partial charge in [-0.15, -0.1) is 0 Å². The number of rotatable bonds is 3. The van der Waals surface area contributed by atoms with Gasteiger partial charge in [-0.3, -0.25) is 9.59 Å². The van der Waals surface area contributed by atoms with E-state index < -0.39 is 0 Å². The summed E-state index contributed by atoms with van der Waals surface area (Å²) in [6.07, 6.45) is 3.30. The standard InChI is InChI=1S/C18H21N3O2/c1-13-4-6-14(7-5-13)18(23)21-11-8-15(9-12-21)20-17(22)16-3-2-10-19-16/h2-7,10,15,19H,8-9,11-12H2,1H3,(H,20,22). The van der Waals surface area contributed by atoms with Gasteiger partial charge in [0.25, 0.3) is 11.8 Å². The first-order valence-electron chi connectivity index (χ1n) is 7.93. The molecule has 1 aromatic carbocycles. The summed E-state index contributed by atoms with van der Waals surface area (Å²) in [4.78, 5) is 29.2. The number of aromatic amines is 1. The maximum absolute atomic E-state index is 12.5. The van der Waals surface area contributed by atoms with Gasteiger partial charge in [-0.05, 0) is 44.0 Å². The van der Waals surface area contributed by atoms with E-state index in [1.54, 1.807) is 18.3 Å². The monoisotopic (exact) mass is 311 g/mol. The third kappa shape index (κ3) is 3.62. The van der Waals surface area contributed by atoms with Gasteiger partial charge in [-0.25, -0.2) is 0 Å². The Morgan fingerprint density at radius 3 is 2.43 bits per heavy atom. The van der Waals surface area contributed by atoms with Crippen molar-refractivity contribution in [1.82, 2.24) is 15.2 Å². The first-order valence-corrected chi connectivity index (χ1v) is 7.93. The highest BCUT2D eigenvalue weighted by atomic mass is 16.2. The van der Waals surface area contributed by atoms with E-state index in [1.807, 2.05) is 36.1 Å². The minimum atomic E-state index is -0.0849. The van der Waals surface area contributed by atoms with E-state index in [0.29, 0.717) is 18.8 Å². The van der Waals surface area contributed by atoms with E-state index in [2.05, 4.69) is 10.3 Å². The highest BCUT2D eigenvalue weighted by Gasteiger charge is 2.24. The average molecular weight is 311 g/mol. The van der Waals surface area contributed by atoms with E-state index in [0.717, 1.165) is 24.0 Å². The minimum Gasteiger partial charge on any atom is -0.357 e. The van der Waals surface area contributed by atoms with E-state index in [4.69, 9.17) is 0 Å². The Hall–Kier alpha value is -2.56. The van der Waals surface area contributed by atoms with Crippen molar-refractivity contribution >= 4 is 11.8 Å². The molecule has 1 fully saturated rings. The molecule has 0 aliphatic carbocycles. The molecule has 1 aliphatic rings. The summed E-state index contributed by atoms with van der Waals surface area (Å²) in [7, 11) is 0. The largest absolute Gasteiger partial charge is 0.357 e. The van der Waals surface area contributed by atoms with Gasteiger partial charge < -0.3 is 15.2 Å². The molecule has 23 heavy (non-hydrogen) atoms. The molecule has 1 aromatic heterocycles. The Morgan fingerprint density at radius 2 is 1.83 bits per heavy atom. The molecule has 5 nitrogen and oxygen atoms in total. The molecule has 0 radical (unpaired) electrons. The zero-order valence-corrected chi connectivity index (χ0v) is 13.2. The number of H-pyrrole nitrogens is 1. The van der Waals surface area contributed by atoms with Crippen molar-refractivity contribution in [2.75, 3.05) is 13.1 Å². The Labute approximate surface area is 135 Å². The normalized spacial score (nSPS) is 15.4. The number of benzene rings is 1. The summed E-state index contributed by atoms with van der Waals surface area (Å²) < 4.78 is 0. The van der Waals surface area contributed by atoms with E-state index in [9.17, 15) is 9.59 Å². The maximum Gasteiger partial charge on any atom is 0.267 e. The number of hydrogen-bond donors (Lipinski definition) is 2. The molecule has 2 N–H and O–H groups in total. The molecule has 0 atom stereocenters. The zero-order chi connectivity index (χ0) is 16.2. The molecule has 1 aliphatic heterocycles. The molecule has 1 saturated heterocycles. The van der Waals surface area contributed by atoms with Crippen LogP contribution >= 0.6 is 0 Å². The van der Waals surface area contributed by atoms with Crippen molar-refractivity contribution in [1.29, 1.82) is 0 Å². The molecule has 0 unspecified atom stereocenters. The van der Waals surface area contributed by atoms with Gasteiger partial charge in [0.1, 0.15) is 5.69 Å². The molecule has 3 rings (SSSR count). The summed E-state index contributed by atoms with van der Waals surface area (Å²) in [5, 5.41) is 3.02. The molecule has 2 amide bonds. The van der Waals surface area contributed by atoms with Crippen LogP contribution < -0.4 is 5.32 Å². The summed E-state index contributed by atoms with van der Waals surface area (Å²) >= 11 is 0. The van der Waals surface area contributed by atoms with E-state index in [1.165, 1.54) is 0 Å². The Bertz CT molecular complexity index is 669. The van der Waals surface area contributed by atoms with Crippen molar-refractivity contribution in [2.45, 2.75) is 25.8 Å². The number of aryl methyl sites for hydroxylation is 1. The minimum absolute atomic E-state index is 0.0687. The van der Waals surface area contributed by atoms with Crippen LogP contribution in [0, 0.1) is 6.92 Å². The van der Waals surface area contributed by atoms with Crippen molar-refractivity contribution in [3.05, 3.63) is 59.4 Å². The smallest absolute Gasteiger partial charge is 0.267 e. The second kappa shape index (κ2) is 6.69. The number of aromatic nitrogens is 1. The number of carbonyl (C=O) groups excluding carboxylic acids is 2. The molecule has 0 saturated carbocycles. The third-order valence-electron chi connectivity index (χ3n) is 4.26. The van der Waals surface area contributed by atoms with Crippen molar-refractivity contribution in [3.8, 4) is 0 Å². The first kappa shape index (κ1) is 15.3. The van der Waals surface area contributed by atoms with E-state index >= 15 is 0 Å². The van der Waals surface area contributed by atoms with Gasteiger partial charge >= 0.3 is 0 Å². The van der Waals surface area contributed by atoms with Crippen molar-refractivity contribution < 1.29 is 9.59 Å². The SMILES string of the molecule is Cc1ccc(C(=O)N2CCC(NC(=O)c3ccc[nH]3)CC2)cc1. The lowest BCUT2D eigenvalue weighted by Gasteiger charge is -2.32. The fraction of sp³-hybridized carbons (Fsp3) is 0.333. The fourth-order valence-electron chi connectivity index (χ4n) is 2.84. The van der Waals surface area contributed by atoms with Crippen LogP contribution in [-0.4, -0.2) is 40.8 Å². The summed E-state index contributed by atoms with van der Waals surface area (Å²) in [6, 6.07) is 11.3. The predicted molar refractivity (Wildman–Crippen MR) is 88.4 cm³/mol. The number of piperidine rings is 1. The summed E-state index contributed by atoms with van der Waals surface area (Å²) in [5.74, 6) is -0.0162. The third-order valence-corrected chi connectivity index (χ3v) is 4.26. The summed E-state index contributed by atoms with van der Waals surface area (Å²) in [6.45, 7) is 3.34.